The van der Waals surface area contributed by atoms with Gasteiger partial charge in [0.2, 0.25) is 5.91 Å². The van der Waals surface area contributed by atoms with Crippen LogP contribution in [0.4, 0.5) is 5.69 Å². The zero-order chi connectivity index (χ0) is 19.4. The SMILES string of the molecule is O=C(O)/C=C/C(=O)Nc1ccc(SCN2C(=O)c3ccccc3C2=O)cc1. The van der Waals surface area contributed by atoms with Crippen molar-refractivity contribution in [1.82, 2.24) is 4.90 Å². The Morgan fingerprint density at radius 3 is 2.11 bits per heavy atom. The molecule has 0 spiro atoms. The van der Waals surface area contributed by atoms with Gasteiger partial charge in [0.25, 0.3) is 11.8 Å². The van der Waals surface area contributed by atoms with Crippen molar-refractivity contribution in [3.05, 3.63) is 71.8 Å². The molecule has 2 aromatic carbocycles. The lowest BCUT2D eigenvalue weighted by Gasteiger charge is -2.13. The molecule has 1 aliphatic rings. The maximum Gasteiger partial charge on any atom is 0.328 e. The van der Waals surface area contributed by atoms with Crippen LogP contribution in [0, 0.1) is 0 Å². The molecule has 7 nitrogen and oxygen atoms in total. The number of amides is 3. The molecule has 3 rings (SSSR count). The number of thioether (sulfide) groups is 1. The third kappa shape index (κ3) is 4.24. The highest BCUT2D eigenvalue weighted by Gasteiger charge is 2.34. The number of carboxylic acids is 1. The van der Waals surface area contributed by atoms with Crippen molar-refractivity contribution in [1.29, 1.82) is 0 Å². The lowest BCUT2D eigenvalue weighted by Crippen LogP contribution is -2.29. The second-order valence-electron chi connectivity index (χ2n) is 5.54. The number of fused-ring (bicyclic) bond motifs is 1. The Morgan fingerprint density at radius 2 is 1.56 bits per heavy atom. The molecular formula is C19H14N2O5S. The van der Waals surface area contributed by atoms with E-state index in [0.29, 0.717) is 16.8 Å². The summed E-state index contributed by atoms with van der Waals surface area (Å²) in [5.41, 5.74) is 1.33. The predicted molar refractivity (Wildman–Crippen MR) is 99.5 cm³/mol. The third-order valence-electron chi connectivity index (χ3n) is 3.74. The molecule has 2 aromatic rings. The van der Waals surface area contributed by atoms with Crippen LogP contribution in [0.3, 0.4) is 0 Å². The summed E-state index contributed by atoms with van der Waals surface area (Å²) in [7, 11) is 0. The smallest absolute Gasteiger partial charge is 0.328 e. The van der Waals surface area contributed by atoms with Gasteiger partial charge in [0.05, 0.1) is 17.0 Å². The average Bonchev–Trinajstić information content (AvgIpc) is 2.90. The van der Waals surface area contributed by atoms with Crippen molar-refractivity contribution in [3.63, 3.8) is 0 Å². The van der Waals surface area contributed by atoms with Crippen LogP contribution >= 0.6 is 11.8 Å². The van der Waals surface area contributed by atoms with Crippen molar-refractivity contribution < 1.29 is 24.3 Å². The van der Waals surface area contributed by atoms with Crippen LogP contribution in [0.1, 0.15) is 20.7 Å². The monoisotopic (exact) mass is 382 g/mol. The minimum absolute atomic E-state index is 0.180. The minimum Gasteiger partial charge on any atom is -0.478 e. The molecule has 0 saturated carbocycles. The zero-order valence-electron chi connectivity index (χ0n) is 13.9. The first kappa shape index (κ1) is 18.4. The Morgan fingerprint density at radius 1 is 0.963 bits per heavy atom. The standard InChI is InChI=1S/C19H14N2O5S/c22-16(9-10-17(23)24)20-12-5-7-13(8-6-12)27-11-21-18(25)14-3-1-2-4-15(14)19(21)26/h1-10H,11H2,(H,20,22)(H,23,24)/b10-9+. The number of rotatable bonds is 6. The molecule has 0 fully saturated rings. The van der Waals surface area contributed by atoms with Crippen molar-refractivity contribution in [2.45, 2.75) is 4.90 Å². The van der Waals surface area contributed by atoms with Crippen LogP contribution in [-0.2, 0) is 9.59 Å². The van der Waals surface area contributed by atoms with Gasteiger partial charge in [0, 0.05) is 22.7 Å². The van der Waals surface area contributed by atoms with E-state index in [1.54, 1.807) is 48.5 Å². The van der Waals surface area contributed by atoms with E-state index < -0.39 is 11.9 Å². The Hall–Kier alpha value is -3.39. The van der Waals surface area contributed by atoms with E-state index in [1.165, 1.54) is 16.7 Å². The molecule has 136 valence electrons. The molecule has 0 radical (unpaired) electrons. The highest BCUT2D eigenvalue weighted by Crippen LogP contribution is 2.27. The maximum absolute atomic E-state index is 12.3. The van der Waals surface area contributed by atoms with Gasteiger partial charge in [-0.05, 0) is 36.4 Å². The molecule has 0 saturated heterocycles. The predicted octanol–water partition coefficient (Wildman–Crippen LogP) is 2.61. The van der Waals surface area contributed by atoms with Gasteiger partial charge in [-0.25, -0.2) is 4.79 Å². The molecule has 0 aliphatic carbocycles. The number of hydrogen-bond donors (Lipinski definition) is 2. The average molecular weight is 382 g/mol. The zero-order valence-corrected chi connectivity index (χ0v) is 14.7. The summed E-state index contributed by atoms with van der Waals surface area (Å²) >= 11 is 1.32. The quantitative estimate of drug-likeness (QED) is 0.452. The first-order valence-electron chi connectivity index (χ1n) is 7.86. The molecule has 8 heteroatoms. The molecule has 1 heterocycles. The highest BCUT2D eigenvalue weighted by molar-refractivity contribution is 7.99. The molecule has 0 atom stereocenters. The summed E-state index contributed by atoms with van der Waals surface area (Å²) in [5.74, 6) is -2.19. The molecule has 2 N–H and O–H groups in total. The Labute approximate surface area is 158 Å². The molecule has 3 amide bonds. The Bertz CT molecular complexity index is 918. The van der Waals surface area contributed by atoms with Gasteiger partial charge in [-0.15, -0.1) is 11.8 Å². The Balaban J connectivity index is 1.58. The van der Waals surface area contributed by atoms with Crippen molar-refractivity contribution in [3.8, 4) is 0 Å². The minimum atomic E-state index is -1.20. The van der Waals surface area contributed by atoms with Gasteiger partial charge in [0.15, 0.2) is 0 Å². The van der Waals surface area contributed by atoms with E-state index in [0.717, 1.165) is 17.0 Å². The lowest BCUT2D eigenvalue weighted by atomic mass is 10.1. The summed E-state index contributed by atoms with van der Waals surface area (Å²) in [6, 6.07) is 13.5. The summed E-state index contributed by atoms with van der Waals surface area (Å²) in [6.07, 6.45) is 1.68. The van der Waals surface area contributed by atoms with Crippen LogP contribution in [0.15, 0.2) is 65.6 Å². The van der Waals surface area contributed by atoms with Crippen LogP contribution in [0.25, 0.3) is 0 Å². The number of imide groups is 1. The number of hydrogen-bond acceptors (Lipinski definition) is 5. The second-order valence-corrected chi connectivity index (χ2v) is 6.56. The van der Waals surface area contributed by atoms with Crippen molar-refractivity contribution in [2.24, 2.45) is 0 Å². The van der Waals surface area contributed by atoms with E-state index in [1.807, 2.05) is 0 Å². The third-order valence-corrected chi connectivity index (χ3v) is 4.73. The number of carbonyl (C=O) groups is 4. The Kier molecular flexibility index (Phi) is 5.37. The molecule has 0 aromatic heterocycles. The van der Waals surface area contributed by atoms with Crippen LogP contribution in [-0.4, -0.2) is 39.6 Å². The normalized spacial score (nSPS) is 13.1. The maximum atomic E-state index is 12.3. The van der Waals surface area contributed by atoms with Gasteiger partial charge < -0.3 is 10.4 Å². The van der Waals surface area contributed by atoms with Crippen LogP contribution < -0.4 is 5.32 Å². The summed E-state index contributed by atoms with van der Waals surface area (Å²) in [6.45, 7) is 0. The molecule has 0 bridgehead atoms. The van der Waals surface area contributed by atoms with E-state index in [2.05, 4.69) is 5.32 Å². The van der Waals surface area contributed by atoms with Crippen LogP contribution in [0.2, 0.25) is 0 Å². The molecule has 1 aliphatic heterocycles. The van der Waals surface area contributed by atoms with Gasteiger partial charge in [-0.3, -0.25) is 19.3 Å². The fourth-order valence-electron chi connectivity index (χ4n) is 2.46. The second kappa shape index (κ2) is 7.88. The van der Waals surface area contributed by atoms with Crippen molar-refractivity contribution in [2.75, 3.05) is 11.2 Å². The first-order chi connectivity index (χ1) is 13.0. The van der Waals surface area contributed by atoms with Crippen LogP contribution in [0.5, 0.6) is 0 Å². The van der Waals surface area contributed by atoms with Gasteiger partial charge >= 0.3 is 5.97 Å². The summed E-state index contributed by atoms with van der Waals surface area (Å²) in [4.78, 5) is 48.5. The summed E-state index contributed by atoms with van der Waals surface area (Å²) in [5, 5.41) is 11.0. The van der Waals surface area contributed by atoms with E-state index in [9.17, 15) is 19.2 Å². The van der Waals surface area contributed by atoms with Gasteiger partial charge in [-0.2, -0.15) is 0 Å². The number of benzene rings is 2. The van der Waals surface area contributed by atoms with E-state index in [4.69, 9.17) is 5.11 Å². The fraction of sp³-hybridized carbons (Fsp3) is 0.0526. The largest absolute Gasteiger partial charge is 0.478 e. The highest BCUT2D eigenvalue weighted by atomic mass is 32.2. The van der Waals surface area contributed by atoms with Gasteiger partial charge in [-0.1, -0.05) is 12.1 Å². The topological polar surface area (TPSA) is 104 Å². The van der Waals surface area contributed by atoms with Crippen molar-refractivity contribution >= 4 is 41.1 Å². The molecule has 27 heavy (non-hydrogen) atoms. The fourth-order valence-corrected chi connectivity index (χ4v) is 3.30. The first-order valence-corrected chi connectivity index (χ1v) is 8.84. The number of nitrogens with one attached hydrogen (secondary N) is 1. The van der Waals surface area contributed by atoms with E-state index in [-0.39, 0.29) is 17.7 Å². The molecule has 0 unspecified atom stereocenters. The number of aliphatic carboxylic acids is 1. The number of nitrogens with zero attached hydrogens (tertiary/aromatic N) is 1. The van der Waals surface area contributed by atoms with E-state index >= 15 is 0 Å². The molecular weight excluding hydrogens is 368 g/mol. The summed E-state index contributed by atoms with van der Waals surface area (Å²) < 4.78 is 0. The number of carboxylic acid groups (broad SMARTS) is 1. The number of anilines is 1. The number of carbonyl (C=O) groups excluding carboxylic acids is 3. The lowest BCUT2D eigenvalue weighted by molar-refractivity contribution is -0.131. The van der Waals surface area contributed by atoms with Gasteiger partial charge in [0.1, 0.15) is 0 Å².